The van der Waals surface area contributed by atoms with E-state index in [9.17, 15) is 0 Å². The molecule has 0 bridgehead atoms. The van der Waals surface area contributed by atoms with E-state index in [0.29, 0.717) is 11.5 Å². The smallest absolute Gasteiger partial charge is 0.225 e. The number of rotatable bonds is 3. The maximum absolute atomic E-state index is 4.94. The molecule has 1 aromatic heterocycles. The van der Waals surface area contributed by atoms with Gasteiger partial charge in [-0.1, -0.05) is 20.8 Å². The number of fused-ring (bicyclic) bond motifs is 1. The van der Waals surface area contributed by atoms with Crippen LogP contribution in [0.4, 0.5) is 5.95 Å². The molecule has 0 radical (unpaired) electrons. The van der Waals surface area contributed by atoms with Gasteiger partial charge >= 0.3 is 0 Å². The molecule has 0 aromatic carbocycles. The van der Waals surface area contributed by atoms with Gasteiger partial charge in [-0.25, -0.2) is 9.97 Å². The van der Waals surface area contributed by atoms with Crippen molar-refractivity contribution < 1.29 is 0 Å². The Morgan fingerprint density at radius 1 is 1.29 bits per heavy atom. The lowest BCUT2D eigenvalue weighted by atomic mass is 9.74. The van der Waals surface area contributed by atoms with E-state index in [1.54, 1.807) is 0 Å². The highest BCUT2D eigenvalue weighted by Crippen LogP contribution is 2.40. The zero-order valence-corrected chi connectivity index (χ0v) is 13.7. The molecular formula is C17H28N4. The van der Waals surface area contributed by atoms with Crippen molar-refractivity contribution in [3.05, 3.63) is 17.5 Å². The third kappa shape index (κ3) is 3.20. The number of hydrogen-bond acceptors (Lipinski definition) is 4. The Bertz CT molecular complexity index is 492. The van der Waals surface area contributed by atoms with Gasteiger partial charge in [0.05, 0.1) is 5.69 Å². The number of piperidine rings is 1. The van der Waals surface area contributed by atoms with E-state index in [-0.39, 0.29) is 0 Å². The van der Waals surface area contributed by atoms with E-state index >= 15 is 0 Å². The predicted molar refractivity (Wildman–Crippen MR) is 86.6 cm³/mol. The quantitative estimate of drug-likeness (QED) is 0.928. The molecule has 4 heteroatoms. The van der Waals surface area contributed by atoms with Gasteiger partial charge in [-0.05, 0) is 44.1 Å². The van der Waals surface area contributed by atoms with Crippen molar-refractivity contribution in [2.24, 2.45) is 5.41 Å². The molecule has 4 nitrogen and oxygen atoms in total. The van der Waals surface area contributed by atoms with Gasteiger partial charge in [-0.2, -0.15) is 0 Å². The fourth-order valence-corrected chi connectivity index (χ4v) is 3.71. The normalized spacial score (nSPS) is 24.7. The average Bonchev–Trinajstić information content (AvgIpc) is 2.46. The second-order valence-electron chi connectivity index (χ2n) is 7.28. The van der Waals surface area contributed by atoms with E-state index in [4.69, 9.17) is 4.98 Å². The molecular weight excluding hydrogens is 260 g/mol. The highest BCUT2D eigenvalue weighted by Gasteiger charge is 2.33. The van der Waals surface area contributed by atoms with E-state index in [0.717, 1.165) is 32.0 Å². The number of nitrogens with zero attached hydrogens (tertiary/aromatic N) is 3. The number of aromatic nitrogens is 2. The topological polar surface area (TPSA) is 41.1 Å². The zero-order valence-electron chi connectivity index (χ0n) is 13.7. The molecule has 1 unspecified atom stereocenters. The molecule has 2 heterocycles. The van der Waals surface area contributed by atoms with Crippen molar-refractivity contribution in [1.82, 2.24) is 15.3 Å². The van der Waals surface area contributed by atoms with E-state index in [1.807, 2.05) is 0 Å². The minimum atomic E-state index is 0.313. The van der Waals surface area contributed by atoms with Gasteiger partial charge in [0.25, 0.3) is 0 Å². The van der Waals surface area contributed by atoms with Crippen LogP contribution in [0.15, 0.2) is 6.20 Å². The summed E-state index contributed by atoms with van der Waals surface area (Å²) in [4.78, 5) is 12.0. The predicted octanol–water partition coefficient (Wildman–Crippen LogP) is 3.09. The van der Waals surface area contributed by atoms with E-state index < -0.39 is 0 Å². The van der Waals surface area contributed by atoms with Crippen LogP contribution in [0.3, 0.4) is 0 Å². The summed E-state index contributed by atoms with van der Waals surface area (Å²) in [5.41, 5.74) is 2.89. The molecule has 1 saturated heterocycles. The molecule has 2 aliphatic rings. The number of nitrogens with one attached hydrogen (secondary N) is 1. The van der Waals surface area contributed by atoms with Gasteiger partial charge in [0.1, 0.15) is 0 Å². The summed E-state index contributed by atoms with van der Waals surface area (Å²) < 4.78 is 0. The summed E-state index contributed by atoms with van der Waals surface area (Å²) in [6.45, 7) is 10.1. The Morgan fingerprint density at radius 2 is 2.05 bits per heavy atom. The lowest BCUT2D eigenvalue weighted by molar-refractivity contribution is 0.255. The van der Waals surface area contributed by atoms with E-state index in [2.05, 4.69) is 42.2 Å². The second-order valence-corrected chi connectivity index (χ2v) is 7.28. The van der Waals surface area contributed by atoms with Gasteiger partial charge < -0.3 is 10.2 Å². The molecule has 1 aliphatic carbocycles. The van der Waals surface area contributed by atoms with E-state index in [1.165, 1.54) is 36.9 Å². The lowest BCUT2D eigenvalue weighted by Crippen LogP contribution is -2.36. The van der Waals surface area contributed by atoms with Crippen LogP contribution >= 0.6 is 0 Å². The summed E-state index contributed by atoms with van der Waals surface area (Å²) in [6, 6.07) is 0.407. The molecule has 0 spiro atoms. The summed E-state index contributed by atoms with van der Waals surface area (Å²) in [6.07, 6.45) is 8.19. The van der Waals surface area contributed by atoms with Crippen LogP contribution in [-0.2, 0) is 6.42 Å². The second kappa shape index (κ2) is 5.91. The van der Waals surface area contributed by atoms with Crippen LogP contribution in [0.2, 0.25) is 0 Å². The number of anilines is 1. The van der Waals surface area contributed by atoms with Crippen LogP contribution in [0.5, 0.6) is 0 Å². The van der Waals surface area contributed by atoms with Crippen LogP contribution in [-0.4, -0.2) is 29.6 Å². The molecule has 1 aromatic rings. The summed E-state index contributed by atoms with van der Waals surface area (Å²) in [5.74, 6) is 0.946. The Kier molecular flexibility index (Phi) is 4.16. The minimum absolute atomic E-state index is 0.313. The molecule has 1 fully saturated rings. The largest absolute Gasteiger partial charge is 0.341 e. The highest BCUT2D eigenvalue weighted by molar-refractivity contribution is 5.36. The van der Waals surface area contributed by atoms with Gasteiger partial charge in [0, 0.05) is 30.9 Å². The molecule has 0 amide bonds. The monoisotopic (exact) mass is 288 g/mol. The van der Waals surface area contributed by atoms with Crippen molar-refractivity contribution in [1.29, 1.82) is 0 Å². The number of hydrogen-bond donors (Lipinski definition) is 1. The SMILES string of the molecule is CCNC1CC(C)(C)Cc2nc(N3CCCCC3)ncc21. The minimum Gasteiger partial charge on any atom is -0.341 e. The first kappa shape index (κ1) is 14.8. The van der Waals surface area contributed by atoms with Crippen LogP contribution in [0.1, 0.15) is 63.8 Å². The van der Waals surface area contributed by atoms with Gasteiger partial charge in [0.2, 0.25) is 5.95 Å². The van der Waals surface area contributed by atoms with Gasteiger partial charge in [-0.15, -0.1) is 0 Å². The van der Waals surface area contributed by atoms with Crippen molar-refractivity contribution in [2.75, 3.05) is 24.5 Å². The Morgan fingerprint density at radius 3 is 2.76 bits per heavy atom. The molecule has 1 atom stereocenters. The Labute approximate surface area is 128 Å². The maximum Gasteiger partial charge on any atom is 0.225 e. The van der Waals surface area contributed by atoms with Crippen LogP contribution < -0.4 is 10.2 Å². The maximum atomic E-state index is 4.94. The van der Waals surface area contributed by atoms with Crippen molar-refractivity contribution in [2.45, 2.75) is 58.9 Å². The summed E-state index contributed by atoms with van der Waals surface area (Å²) in [7, 11) is 0. The fraction of sp³-hybridized carbons (Fsp3) is 0.765. The third-order valence-corrected chi connectivity index (χ3v) is 4.75. The van der Waals surface area contributed by atoms with Gasteiger partial charge in [-0.3, -0.25) is 0 Å². The average molecular weight is 288 g/mol. The van der Waals surface area contributed by atoms with Crippen molar-refractivity contribution >= 4 is 5.95 Å². The fourth-order valence-electron chi connectivity index (χ4n) is 3.71. The Balaban J connectivity index is 1.89. The summed E-state index contributed by atoms with van der Waals surface area (Å²) >= 11 is 0. The van der Waals surface area contributed by atoms with Crippen LogP contribution in [0.25, 0.3) is 0 Å². The first-order valence-electron chi connectivity index (χ1n) is 8.43. The molecule has 1 N–H and O–H groups in total. The first-order chi connectivity index (χ1) is 10.1. The molecule has 3 rings (SSSR count). The Hall–Kier alpha value is -1.16. The van der Waals surface area contributed by atoms with Crippen LogP contribution in [0, 0.1) is 5.41 Å². The standard InChI is InChI=1S/C17H28N4/c1-4-18-14-10-17(2,3)11-15-13(14)12-19-16(20-15)21-8-6-5-7-9-21/h12,14,18H,4-11H2,1-3H3. The molecule has 116 valence electrons. The highest BCUT2D eigenvalue weighted by atomic mass is 15.3. The lowest BCUT2D eigenvalue weighted by Gasteiger charge is -2.37. The van der Waals surface area contributed by atoms with Crippen molar-refractivity contribution in [3.63, 3.8) is 0 Å². The summed E-state index contributed by atoms with van der Waals surface area (Å²) in [5, 5.41) is 3.60. The molecule has 1 aliphatic heterocycles. The van der Waals surface area contributed by atoms with Gasteiger partial charge in [0.15, 0.2) is 0 Å². The molecule has 21 heavy (non-hydrogen) atoms. The first-order valence-corrected chi connectivity index (χ1v) is 8.43. The molecule has 0 saturated carbocycles. The van der Waals surface area contributed by atoms with Crippen molar-refractivity contribution in [3.8, 4) is 0 Å². The third-order valence-electron chi connectivity index (χ3n) is 4.75. The zero-order chi connectivity index (χ0) is 14.9.